The number of nitrogens with zero attached hydrogens (tertiary/aromatic N) is 2. The molecule has 0 bridgehead atoms. The normalized spacial score (nSPS) is 21.2. The highest BCUT2D eigenvalue weighted by molar-refractivity contribution is 5.78. The van der Waals surface area contributed by atoms with E-state index in [-0.39, 0.29) is 0 Å². The van der Waals surface area contributed by atoms with Crippen molar-refractivity contribution in [3.8, 4) is 0 Å². The molecule has 2 aromatic rings. The van der Waals surface area contributed by atoms with Crippen LogP contribution in [0.15, 0.2) is 22.6 Å². The number of hydrogen-bond donors (Lipinski definition) is 1. The van der Waals surface area contributed by atoms with Gasteiger partial charge in [-0.15, -0.1) is 0 Å². The number of nitrogen functional groups attached to an aromatic ring is 1. The molecule has 0 spiro atoms. The maximum absolute atomic E-state index is 5.85. The molecule has 3 rings (SSSR count). The van der Waals surface area contributed by atoms with Crippen LogP contribution in [0.3, 0.4) is 0 Å². The van der Waals surface area contributed by atoms with E-state index in [0.717, 1.165) is 23.7 Å². The van der Waals surface area contributed by atoms with Crippen molar-refractivity contribution in [3.05, 3.63) is 18.2 Å². The third kappa shape index (κ3) is 2.03. The van der Waals surface area contributed by atoms with Crippen molar-refractivity contribution < 1.29 is 4.42 Å². The minimum Gasteiger partial charge on any atom is -0.423 e. The molecule has 1 saturated heterocycles. The maximum Gasteiger partial charge on any atom is 0.298 e. The molecule has 0 amide bonds. The van der Waals surface area contributed by atoms with Gasteiger partial charge in [-0.1, -0.05) is 12.8 Å². The molecule has 0 aliphatic carbocycles. The molecular formula is C14H19N3O. The van der Waals surface area contributed by atoms with Gasteiger partial charge in [0.2, 0.25) is 0 Å². The van der Waals surface area contributed by atoms with Gasteiger partial charge in [0.1, 0.15) is 5.52 Å². The van der Waals surface area contributed by atoms with Gasteiger partial charge in [0.25, 0.3) is 6.01 Å². The molecule has 1 fully saturated rings. The van der Waals surface area contributed by atoms with Crippen LogP contribution < -0.4 is 10.6 Å². The summed E-state index contributed by atoms with van der Waals surface area (Å²) in [6, 6.07) is 6.86. The summed E-state index contributed by atoms with van der Waals surface area (Å²) in [5.41, 5.74) is 8.14. The minimum absolute atomic E-state index is 0.498. The number of oxazole rings is 1. The predicted octanol–water partition coefficient (Wildman–Crippen LogP) is 3.18. The quantitative estimate of drug-likeness (QED) is 0.784. The molecule has 18 heavy (non-hydrogen) atoms. The average Bonchev–Trinajstić information content (AvgIpc) is 2.63. The van der Waals surface area contributed by atoms with Crippen molar-refractivity contribution >= 4 is 22.8 Å². The number of rotatable bonds is 1. The van der Waals surface area contributed by atoms with Crippen LogP contribution in [-0.4, -0.2) is 17.6 Å². The van der Waals surface area contributed by atoms with Gasteiger partial charge in [-0.25, -0.2) is 0 Å². The first kappa shape index (κ1) is 11.4. The lowest BCUT2D eigenvalue weighted by Crippen LogP contribution is -2.32. The Balaban J connectivity index is 1.97. The van der Waals surface area contributed by atoms with E-state index >= 15 is 0 Å². The molecular weight excluding hydrogens is 226 g/mol. The van der Waals surface area contributed by atoms with Crippen molar-refractivity contribution in [1.82, 2.24) is 4.98 Å². The zero-order valence-electron chi connectivity index (χ0n) is 10.7. The summed E-state index contributed by atoms with van der Waals surface area (Å²) in [6.07, 6.45) is 5.02. The second-order valence-corrected chi connectivity index (χ2v) is 5.12. The molecule has 96 valence electrons. The largest absolute Gasteiger partial charge is 0.423 e. The van der Waals surface area contributed by atoms with Crippen LogP contribution in [0.1, 0.15) is 32.6 Å². The molecule has 1 unspecified atom stereocenters. The van der Waals surface area contributed by atoms with Gasteiger partial charge in [0, 0.05) is 24.3 Å². The van der Waals surface area contributed by atoms with Crippen molar-refractivity contribution in [2.24, 2.45) is 0 Å². The summed E-state index contributed by atoms with van der Waals surface area (Å²) in [7, 11) is 0. The molecule has 4 heteroatoms. The van der Waals surface area contributed by atoms with Crippen LogP contribution in [0.5, 0.6) is 0 Å². The van der Waals surface area contributed by atoms with E-state index in [1.165, 1.54) is 25.7 Å². The highest BCUT2D eigenvalue weighted by Crippen LogP contribution is 2.27. The van der Waals surface area contributed by atoms with Gasteiger partial charge in [0.15, 0.2) is 5.58 Å². The van der Waals surface area contributed by atoms with Crippen LogP contribution >= 0.6 is 0 Å². The van der Waals surface area contributed by atoms with Gasteiger partial charge in [-0.3, -0.25) is 0 Å². The van der Waals surface area contributed by atoms with E-state index in [1.54, 1.807) is 0 Å². The molecule has 4 nitrogen and oxygen atoms in total. The third-order valence-electron chi connectivity index (χ3n) is 3.70. The fourth-order valence-electron chi connectivity index (χ4n) is 2.61. The standard InChI is InChI=1S/C14H19N3O/c1-10-5-3-2-4-8-17(10)14-16-12-7-6-11(15)9-13(12)18-14/h6-7,9-10H,2-5,8,15H2,1H3. The number of benzene rings is 1. The highest BCUT2D eigenvalue weighted by Gasteiger charge is 2.21. The molecule has 1 aliphatic rings. The monoisotopic (exact) mass is 245 g/mol. The number of fused-ring (bicyclic) bond motifs is 1. The van der Waals surface area contributed by atoms with E-state index in [9.17, 15) is 0 Å². The number of anilines is 2. The van der Waals surface area contributed by atoms with E-state index in [4.69, 9.17) is 10.2 Å². The highest BCUT2D eigenvalue weighted by atomic mass is 16.4. The Bertz CT molecular complexity index is 549. The fourth-order valence-corrected chi connectivity index (χ4v) is 2.61. The van der Waals surface area contributed by atoms with Crippen molar-refractivity contribution in [2.45, 2.75) is 38.6 Å². The Hall–Kier alpha value is -1.71. The van der Waals surface area contributed by atoms with Gasteiger partial charge in [0.05, 0.1) is 0 Å². The Morgan fingerprint density at radius 1 is 1.33 bits per heavy atom. The molecule has 1 aliphatic heterocycles. The van der Waals surface area contributed by atoms with Crippen LogP contribution in [-0.2, 0) is 0 Å². The lowest BCUT2D eigenvalue weighted by molar-refractivity contribution is 0.523. The Morgan fingerprint density at radius 2 is 2.22 bits per heavy atom. The summed E-state index contributed by atoms with van der Waals surface area (Å²) in [5, 5.41) is 0. The van der Waals surface area contributed by atoms with Crippen molar-refractivity contribution in [1.29, 1.82) is 0 Å². The van der Waals surface area contributed by atoms with Gasteiger partial charge < -0.3 is 15.1 Å². The lowest BCUT2D eigenvalue weighted by atomic mass is 10.1. The van der Waals surface area contributed by atoms with Crippen molar-refractivity contribution in [2.75, 3.05) is 17.2 Å². The molecule has 1 atom stereocenters. The Kier molecular flexibility index (Phi) is 2.86. The van der Waals surface area contributed by atoms with E-state index in [2.05, 4.69) is 16.8 Å². The first-order valence-electron chi connectivity index (χ1n) is 6.67. The fraction of sp³-hybridized carbons (Fsp3) is 0.500. The summed E-state index contributed by atoms with van der Waals surface area (Å²) in [6.45, 7) is 3.28. The molecule has 2 N–H and O–H groups in total. The topological polar surface area (TPSA) is 55.3 Å². The maximum atomic E-state index is 5.85. The predicted molar refractivity (Wildman–Crippen MR) is 73.7 cm³/mol. The first-order valence-corrected chi connectivity index (χ1v) is 6.67. The van der Waals surface area contributed by atoms with E-state index in [0.29, 0.717) is 11.7 Å². The molecule has 0 saturated carbocycles. The molecule has 1 aromatic carbocycles. The SMILES string of the molecule is CC1CCCCCN1c1nc2ccc(N)cc2o1. The van der Waals surface area contributed by atoms with Gasteiger partial charge >= 0.3 is 0 Å². The average molecular weight is 245 g/mol. The number of aromatic nitrogens is 1. The van der Waals surface area contributed by atoms with E-state index in [1.807, 2.05) is 18.2 Å². The molecule has 0 radical (unpaired) electrons. The van der Waals surface area contributed by atoms with Crippen LogP contribution in [0.4, 0.5) is 11.7 Å². The second-order valence-electron chi connectivity index (χ2n) is 5.12. The van der Waals surface area contributed by atoms with Gasteiger partial charge in [-0.2, -0.15) is 4.98 Å². The lowest BCUT2D eigenvalue weighted by Gasteiger charge is -2.24. The summed E-state index contributed by atoms with van der Waals surface area (Å²) in [4.78, 5) is 6.85. The van der Waals surface area contributed by atoms with Crippen LogP contribution in [0.2, 0.25) is 0 Å². The first-order chi connectivity index (χ1) is 8.74. The molecule has 1 aromatic heterocycles. The van der Waals surface area contributed by atoms with Crippen molar-refractivity contribution in [3.63, 3.8) is 0 Å². The number of hydrogen-bond acceptors (Lipinski definition) is 4. The smallest absolute Gasteiger partial charge is 0.298 e. The van der Waals surface area contributed by atoms with Crippen LogP contribution in [0.25, 0.3) is 11.1 Å². The zero-order chi connectivity index (χ0) is 12.5. The summed E-state index contributed by atoms with van der Waals surface area (Å²) < 4.78 is 5.85. The zero-order valence-corrected chi connectivity index (χ0v) is 10.7. The minimum atomic E-state index is 0.498. The number of nitrogens with two attached hydrogens (primary N) is 1. The van der Waals surface area contributed by atoms with Crippen LogP contribution in [0, 0.1) is 0 Å². The Labute approximate surface area is 107 Å². The Morgan fingerprint density at radius 3 is 3.11 bits per heavy atom. The van der Waals surface area contributed by atoms with E-state index < -0.39 is 0 Å². The molecule has 2 heterocycles. The second kappa shape index (κ2) is 4.52. The summed E-state index contributed by atoms with van der Waals surface area (Å²) >= 11 is 0. The van der Waals surface area contributed by atoms with Gasteiger partial charge in [-0.05, 0) is 31.9 Å². The summed E-state index contributed by atoms with van der Waals surface area (Å²) in [5.74, 6) is 0. The third-order valence-corrected chi connectivity index (χ3v) is 3.70.